The molecule has 3 heteroatoms. The largest absolute Gasteiger partial charge is 0.439 e. The van der Waals surface area contributed by atoms with Crippen LogP contribution in [0.4, 0.5) is 0 Å². The molecular weight excluding hydrogens is 553 g/mol. The molecule has 0 unspecified atom stereocenters. The van der Waals surface area contributed by atoms with E-state index < -0.39 is 16.6 Å². The highest BCUT2D eigenvalue weighted by Crippen LogP contribution is 2.24. The molecular formula is C40H45OSi2. The van der Waals surface area contributed by atoms with Crippen LogP contribution in [0.1, 0.15) is 51.4 Å². The minimum atomic E-state index is -2.96. The third kappa shape index (κ3) is 7.35. The summed E-state index contributed by atoms with van der Waals surface area (Å²) in [5.74, 6) is 0. The van der Waals surface area contributed by atoms with Crippen molar-refractivity contribution in [3.8, 4) is 0 Å². The number of rotatable bonds is 16. The predicted octanol–water partition coefficient (Wildman–Crippen LogP) is 7.38. The van der Waals surface area contributed by atoms with Gasteiger partial charge in [0.05, 0.1) is 0 Å². The van der Waals surface area contributed by atoms with Crippen molar-refractivity contribution >= 4 is 42.6 Å². The molecule has 0 fully saturated rings. The molecule has 0 aliphatic carbocycles. The van der Waals surface area contributed by atoms with Crippen molar-refractivity contribution in [2.75, 3.05) is 0 Å². The van der Waals surface area contributed by atoms with Crippen molar-refractivity contribution in [2.24, 2.45) is 0 Å². The molecule has 0 aliphatic rings. The van der Waals surface area contributed by atoms with E-state index >= 15 is 0 Å². The normalized spacial score (nSPS) is 11.8. The van der Waals surface area contributed by atoms with Crippen molar-refractivity contribution in [2.45, 2.75) is 57.4 Å². The van der Waals surface area contributed by atoms with Crippen molar-refractivity contribution in [1.82, 2.24) is 0 Å². The number of unbranched alkanes of at least 4 members (excludes halogenated alkanes) is 7. The topological polar surface area (TPSA) is 9.23 Å². The maximum Gasteiger partial charge on any atom is 0.278 e. The van der Waals surface area contributed by atoms with E-state index in [0.29, 0.717) is 0 Å². The molecule has 1 nitrogen and oxygen atoms in total. The van der Waals surface area contributed by atoms with Gasteiger partial charge < -0.3 is 4.12 Å². The van der Waals surface area contributed by atoms with E-state index in [9.17, 15) is 0 Å². The third-order valence-corrected chi connectivity index (χ3v) is 18.3. The van der Waals surface area contributed by atoms with E-state index in [-0.39, 0.29) is 0 Å². The van der Waals surface area contributed by atoms with Gasteiger partial charge >= 0.3 is 0 Å². The molecule has 0 N–H and O–H groups in total. The summed E-state index contributed by atoms with van der Waals surface area (Å²) in [6.45, 7) is 4.01. The van der Waals surface area contributed by atoms with E-state index in [1.165, 1.54) is 64.5 Å². The predicted molar refractivity (Wildman–Crippen MR) is 190 cm³/mol. The molecule has 0 saturated carbocycles. The fraction of sp³-hybridized carbons (Fsp3) is 0.225. The minimum absolute atomic E-state index is 1.05. The lowest BCUT2D eigenvalue weighted by atomic mass is 10.1. The van der Waals surface area contributed by atoms with Gasteiger partial charge in [-0.25, -0.2) is 0 Å². The molecule has 219 valence electrons. The quantitative estimate of drug-likeness (QED) is 0.0655. The fourth-order valence-electron chi connectivity index (χ4n) is 6.43. The van der Waals surface area contributed by atoms with Crippen LogP contribution in [0.25, 0.3) is 0 Å². The lowest BCUT2D eigenvalue weighted by molar-refractivity contribution is 0.559. The van der Waals surface area contributed by atoms with Gasteiger partial charge in [-0.1, -0.05) is 210 Å². The number of hydrogen-bond donors (Lipinski definition) is 0. The molecule has 5 rings (SSSR count). The van der Waals surface area contributed by atoms with Crippen LogP contribution in [-0.2, 0) is 4.12 Å². The lowest BCUT2D eigenvalue weighted by Gasteiger charge is -2.44. The van der Waals surface area contributed by atoms with Gasteiger partial charge in [0.15, 0.2) is 0 Å². The van der Waals surface area contributed by atoms with Gasteiger partial charge in [0.1, 0.15) is 0 Å². The van der Waals surface area contributed by atoms with Gasteiger partial charge in [0, 0.05) is 0 Å². The highest BCUT2D eigenvalue weighted by atomic mass is 28.4. The highest BCUT2D eigenvalue weighted by Gasteiger charge is 2.51. The van der Waals surface area contributed by atoms with Gasteiger partial charge in [-0.05, 0) is 32.0 Å². The number of hydrogen-bond acceptors (Lipinski definition) is 1. The molecule has 0 atom stereocenters. The zero-order chi connectivity index (χ0) is 29.6. The average molecular weight is 598 g/mol. The molecule has 43 heavy (non-hydrogen) atoms. The summed E-state index contributed by atoms with van der Waals surface area (Å²) in [4.78, 5) is 0. The molecule has 0 spiro atoms. The molecule has 0 aromatic heterocycles. The van der Waals surface area contributed by atoms with Crippen LogP contribution in [0.5, 0.6) is 0 Å². The third-order valence-electron chi connectivity index (χ3n) is 8.63. The maximum atomic E-state index is 8.29. The summed E-state index contributed by atoms with van der Waals surface area (Å²) in [5, 5.41) is 6.59. The standard InChI is InChI=1S/C40H45OSi2/c1-2-3-4-5-6-7-8-24-35-42(36-25-14-9-15-26-36,37-27-16-10-17-28-37)41-43(38-29-18-11-19-30-38,39-31-20-12-21-32-39)40-33-22-13-23-34-40/h9-23,25-34H,1-8,24,35H2. The lowest BCUT2D eigenvalue weighted by Crippen LogP contribution is -2.77. The summed E-state index contributed by atoms with van der Waals surface area (Å²) < 4.78 is 8.29. The fourth-order valence-corrected chi connectivity index (χ4v) is 17.4. The Morgan fingerprint density at radius 1 is 0.372 bits per heavy atom. The molecule has 1 radical (unpaired) electrons. The zero-order valence-corrected chi connectivity index (χ0v) is 27.4. The van der Waals surface area contributed by atoms with Gasteiger partial charge in [-0.15, -0.1) is 0 Å². The van der Waals surface area contributed by atoms with Crippen LogP contribution < -0.4 is 25.9 Å². The van der Waals surface area contributed by atoms with Crippen LogP contribution in [0.2, 0.25) is 6.04 Å². The van der Waals surface area contributed by atoms with Gasteiger partial charge in [0.2, 0.25) is 8.32 Å². The Morgan fingerprint density at radius 3 is 1.02 bits per heavy atom. The summed E-state index contributed by atoms with van der Waals surface area (Å²) in [6, 6.07) is 56.6. The zero-order valence-electron chi connectivity index (χ0n) is 25.4. The molecule has 0 bridgehead atoms. The van der Waals surface area contributed by atoms with Crippen molar-refractivity contribution < 1.29 is 4.12 Å². The first kappa shape index (κ1) is 30.9. The van der Waals surface area contributed by atoms with Crippen LogP contribution in [-0.4, -0.2) is 16.6 Å². The molecule has 0 heterocycles. The van der Waals surface area contributed by atoms with Crippen LogP contribution >= 0.6 is 0 Å². The van der Waals surface area contributed by atoms with Crippen LogP contribution in [0.15, 0.2) is 152 Å². The maximum absolute atomic E-state index is 8.29. The van der Waals surface area contributed by atoms with Gasteiger partial charge in [-0.3, -0.25) is 0 Å². The summed E-state index contributed by atoms with van der Waals surface area (Å²) in [7, 11) is -5.72. The SMILES string of the molecule is [CH2]CCCCCCCCC[Si](O[Si](c1ccccc1)(c1ccccc1)c1ccccc1)(c1ccccc1)c1ccccc1. The van der Waals surface area contributed by atoms with Crippen molar-refractivity contribution in [3.05, 3.63) is 159 Å². The summed E-state index contributed by atoms with van der Waals surface area (Å²) >= 11 is 0. The Balaban J connectivity index is 1.66. The summed E-state index contributed by atoms with van der Waals surface area (Å²) in [5.41, 5.74) is 0. The Kier molecular flexibility index (Phi) is 11.4. The molecule has 0 aliphatic heterocycles. The first-order valence-corrected chi connectivity index (χ1v) is 20.1. The Labute approximate surface area is 261 Å². The van der Waals surface area contributed by atoms with Crippen molar-refractivity contribution in [1.29, 1.82) is 0 Å². The Hall–Kier alpha value is -3.51. The van der Waals surface area contributed by atoms with Gasteiger partial charge in [0.25, 0.3) is 8.32 Å². The second kappa shape index (κ2) is 15.8. The number of benzene rings is 5. The van der Waals surface area contributed by atoms with E-state index in [1.54, 1.807) is 0 Å². The Morgan fingerprint density at radius 2 is 0.674 bits per heavy atom. The van der Waals surface area contributed by atoms with E-state index in [4.69, 9.17) is 4.12 Å². The average Bonchev–Trinajstić information content (AvgIpc) is 3.09. The smallest absolute Gasteiger partial charge is 0.278 e. The van der Waals surface area contributed by atoms with Crippen LogP contribution in [0, 0.1) is 6.92 Å². The monoisotopic (exact) mass is 597 g/mol. The molecule has 5 aromatic rings. The molecule has 0 saturated heterocycles. The highest BCUT2D eigenvalue weighted by molar-refractivity contribution is 7.14. The van der Waals surface area contributed by atoms with Crippen molar-refractivity contribution in [3.63, 3.8) is 0 Å². The molecule has 0 amide bonds. The van der Waals surface area contributed by atoms with Gasteiger partial charge in [-0.2, -0.15) is 0 Å². The second-order valence-corrected chi connectivity index (χ2v) is 18.7. The first-order chi connectivity index (χ1) is 21.3. The van der Waals surface area contributed by atoms with E-state index in [2.05, 4.69) is 159 Å². The second-order valence-electron chi connectivity index (χ2n) is 11.5. The minimum Gasteiger partial charge on any atom is -0.439 e. The molecule has 5 aromatic carbocycles. The van der Waals surface area contributed by atoms with E-state index in [0.717, 1.165) is 18.9 Å². The Bertz CT molecular complexity index is 1320. The van der Waals surface area contributed by atoms with Crippen LogP contribution in [0.3, 0.4) is 0 Å². The first-order valence-electron chi connectivity index (χ1n) is 16.1. The summed E-state index contributed by atoms with van der Waals surface area (Å²) in [6.07, 6.45) is 9.91. The van der Waals surface area contributed by atoms with E-state index in [1.807, 2.05) is 0 Å².